The molecule has 32 heavy (non-hydrogen) atoms. The van der Waals surface area contributed by atoms with Gasteiger partial charge in [-0.25, -0.2) is 8.42 Å². The zero-order chi connectivity index (χ0) is 23.3. The van der Waals surface area contributed by atoms with Crippen molar-refractivity contribution in [2.75, 3.05) is 25.9 Å². The number of carbonyl (C=O) groups is 2. The second kappa shape index (κ2) is 11.0. The molecule has 178 valence electrons. The summed E-state index contributed by atoms with van der Waals surface area (Å²) in [4.78, 5) is 27.3. The highest BCUT2D eigenvalue weighted by Gasteiger charge is 2.40. The second-order valence-electron chi connectivity index (χ2n) is 8.75. The van der Waals surface area contributed by atoms with E-state index in [2.05, 4.69) is 5.32 Å². The molecule has 1 aliphatic carbocycles. The van der Waals surface area contributed by atoms with Crippen LogP contribution in [-0.2, 0) is 26.0 Å². The van der Waals surface area contributed by atoms with Crippen LogP contribution in [-0.4, -0.2) is 73.5 Å². The van der Waals surface area contributed by atoms with E-state index in [4.69, 9.17) is 17.3 Å². The molecule has 8 nitrogen and oxygen atoms in total. The molecule has 2 atom stereocenters. The van der Waals surface area contributed by atoms with E-state index in [0.29, 0.717) is 31.0 Å². The number of nitrogens with zero attached hydrogens (tertiary/aromatic N) is 2. The summed E-state index contributed by atoms with van der Waals surface area (Å²) in [6, 6.07) is 6.19. The number of sulfonamides is 1. The van der Waals surface area contributed by atoms with E-state index in [9.17, 15) is 18.0 Å². The fourth-order valence-corrected chi connectivity index (χ4v) is 6.41. The molecule has 2 fully saturated rings. The molecule has 1 saturated carbocycles. The van der Waals surface area contributed by atoms with Crippen LogP contribution in [0.25, 0.3) is 0 Å². The highest BCUT2D eigenvalue weighted by molar-refractivity contribution is 7.88. The van der Waals surface area contributed by atoms with E-state index in [-0.39, 0.29) is 36.9 Å². The smallest absolute Gasteiger partial charge is 0.245 e. The Morgan fingerprint density at radius 2 is 1.84 bits per heavy atom. The topological polar surface area (TPSA) is 113 Å². The van der Waals surface area contributed by atoms with Gasteiger partial charge in [0.25, 0.3) is 0 Å². The molecule has 0 bridgehead atoms. The minimum Gasteiger partial charge on any atom is -0.344 e. The van der Waals surface area contributed by atoms with E-state index in [0.717, 1.165) is 31.2 Å². The Bertz CT molecular complexity index is 903. The number of benzene rings is 1. The van der Waals surface area contributed by atoms with E-state index < -0.39 is 16.1 Å². The minimum atomic E-state index is -3.38. The van der Waals surface area contributed by atoms with Crippen molar-refractivity contribution in [2.24, 2.45) is 5.73 Å². The molecule has 1 aromatic carbocycles. The van der Waals surface area contributed by atoms with Gasteiger partial charge in [0.2, 0.25) is 21.8 Å². The van der Waals surface area contributed by atoms with Crippen molar-refractivity contribution < 1.29 is 18.0 Å². The van der Waals surface area contributed by atoms with Crippen LogP contribution < -0.4 is 11.1 Å². The number of halogens is 1. The third-order valence-electron chi connectivity index (χ3n) is 6.26. The number of rotatable bonds is 9. The average Bonchev–Trinajstić information content (AvgIpc) is 3.41. The lowest BCUT2D eigenvalue weighted by Crippen LogP contribution is -2.51. The van der Waals surface area contributed by atoms with Gasteiger partial charge < -0.3 is 16.0 Å². The highest BCUT2D eigenvalue weighted by Crippen LogP contribution is 2.30. The average molecular weight is 485 g/mol. The van der Waals surface area contributed by atoms with Crippen molar-refractivity contribution in [3.63, 3.8) is 0 Å². The molecule has 0 spiro atoms. The molecule has 0 aromatic heterocycles. The molecular weight excluding hydrogens is 452 g/mol. The Labute approximate surface area is 195 Å². The van der Waals surface area contributed by atoms with E-state index in [1.165, 1.54) is 6.26 Å². The maximum atomic E-state index is 13.4. The van der Waals surface area contributed by atoms with Crippen molar-refractivity contribution in [1.82, 2.24) is 14.5 Å². The Kier molecular flexibility index (Phi) is 8.55. The maximum Gasteiger partial charge on any atom is 0.245 e. The van der Waals surface area contributed by atoms with Crippen LogP contribution in [0.4, 0.5) is 0 Å². The van der Waals surface area contributed by atoms with Crippen LogP contribution in [0.3, 0.4) is 0 Å². The summed E-state index contributed by atoms with van der Waals surface area (Å²) in [5.41, 5.74) is 6.37. The lowest BCUT2D eigenvalue weighted by molar-refractivity contribution is -0.135. The maximum absolute atomic E-state index is 13.4. The van der Waals surface area contributed by atoms with E-state index in [1.807, 2.05) is 12.1 Å². The third-order valence-corrected chi connectivity index (χ3v) is 7.87. The van der Waals surface area contributed by atoms with Crippen molar-refractivity contribution in [3.05, 3.63) is 34.9 Å². The van der Waals surface area contributed by atoms with Gasteiger partial charge in [-0.05, 0) is 37.0 Å². The van der Waals surface area contributed by atoms with Gasteiger partial charge in [0.1, 0.15) is 6.04 Å². The van der Waals surface area contributed by atoms with Gasteiger partial charge in [-0.1, -0.05) is 36.6 Å². The molecular formula is C22H33ClN4O4S. The first-order valence-corrected chi connectivity index (χ1v) is 13.4. The van der Waals surface area contributed by atoms with Gasteiger partial charge in [0.15, 0.2) is 0 Å². The van der Waals surface area contributed by atoms with Gasteiger partial charge in [-0.3, -0.25) is 9.59 Å². The summed E-state index contributed by atoms with van der Waals surface area (Å²) in [7, 11) is -3.38. The van der Waals surface area contributed by atoms with Crippen molar-refractivity contribution in [1.29, 1.82) is 0 Å². The Morgan fingerprint density at radius 3 is 2.44 bits per heavy atom. The lowest BCUT2D eigenvalue weighted by Gasteiger charge is -2.32. The van der Waals surface area contributed by atoms with Crippen LogP contribution in [0.5, 0.6) is 0 Å². The number of nitrogens with two attached hydrogens (primary N) is 1. The molecule has 1 saturated heterocycles. The van der Waals surface area contributed by atoms with E-state index in [1.54, 1.807) is 21.3 Å². The summed E-state index contributed by atoms with van der Waals surface area (Å²) >= 11 is 5.96. The summed E-state index contributed by atoms with van der Waals surface area (Å²) in [5, 5.41) is 3.41. The fraction of sp³-hybridized carbons (Fsp3) is 0.636. The lowest BCUT2D eigenvalue weighted by atomic mass is 10.0. The van der Waals surface area contributed by atoms with Gasteiger partial charge in [-0.15, -0.1) is 0 Å². The molecule has 0 unspecified atom stereocenters. The number of hydrogen-bond donors (Lipinski definition) is 2. The zero-order valence-electron chi connectivity index (χ0n) is 18.5. The highest BCUT2D eigenvalue weighted by atomic mass is 35.5. The second-order valence-corrected chi connectivity index (χ2v) is 11.1. The molecule has 0 radical (unpaired) electrons. The van der Waals surface area contributed by atoms with Crippen LogP contribution in [0.2, 0.25) is 5.02 Å². The quantitative estimate of drug-likeness (QED) is 0.551. The molecule has 3 N–H and O–H groups in total. The molecule has 1 heterocycles. The Morgan fingerprint density at radius 1 is 1.19 bits per heavy atom. The van der Waals surface area contributed by atoms with Gasteiger partial charge in [0, 0.05) is 49.6 Å². The normalized spacial score (nSPS) is 20.6. The van der Waals surface area contributed by atoms with Gasteiger partial charge in [-0.2, -0.15) is 4.31 Å². The number of likely N-dealkylation sites (tertiary alicyclic amines) is 1. The van der Waals surface area contributed by atoms with Gasteiger partial charge >= 0.3 is 0 Å². The Hall–Kier alpha value is -1.68. The first-order valence-electron chi connectivity index (χ1n) is 11.2. The molecule has 10 heteroatoms. The van der Waals surface area contributed by atoms with Gasteiger partial charge in [0.05, 0.1) is 6.26 Å². The predicted octanol–water partition coefficient (Wildman–Crippen LogP) is 1.52. The minimum absolute atomic E-state index is 0.0131. The number of hydrogen-bond acceptors (Lipinski definition) is 5. The van der Waals surface area contributed by atoms with Crippen LogP contribution in [0.15, 0.2) is 24.3 Å². The van der Waals surface area contributed by atoms with Crippen molar-refractivity contribution >= 4 is 33.4 Å². The number of amides is 2. The van der Waals surface area contributed by atoms with Crippen molar-refractivity contribution in [2.45, 2.75) is 63.1 Å². The molecule has 1 aliphatic heterocycles. The summed E-state index contributed by atoms with van der Waals surface area (Å²) in [6.07, 6.45) is 6.11. The summed E-state index contributed by atoms with van der Waals surface area (Å²) < 4.78 is 26.7. The van der Waals surface area contributed by atoms with E-state index >= 15 is 0 Å². The van der Waals surface area contributed by atoms with Crippen LogP contribution >= 0.6 is 11.6 Å². The number of carbonyl (C=O) groups excluding carboxylic acids is 2. The summed E-state index contributed by atoms with van der Waals surface area (Å²) in [6.45, 7) is 1.00. The molecule has 2 amide bonds. The monoisotopic (exact) mass is 484 g/mol. The largest absolute Gasteiger partial charge is 0.344 e. The first kappa shape index (κ1) is 25.0. The number of nitrogens with one attached hydrogen (secondary N) is 1. The summed E-state index contributed by atoms with van der Waals surface area (Å²) in [5.74, 6) is -0.480. The van der Waals surface area contributed by atoms with Crippen molar-refractivity contribution in [3.8, 4) is 0 Å². The third kappa shape index (κ3) is 6.43. The fourth-order valence-electron chi connectivity index (χ4n) is 4.82. The first-order chi connectivity index (χ1) is 15.2. The molecule has 2 aliphatic rings. The van der Waals surface area contributed by atoms with Crippen LogP contribution in [0.1, 0.15) is 44.1 Å². The van der Waals surface area contributed by atoms with Crippen LogP contribution in [0, 0.1) is 0 Å². The predicted molar refractivity (Wildman–Crippen MR) is 125 cm³/mol. The Balaban J connectivity index is 1.73. The molecule has 3 rings (SSSR count). The molecule has 1 aromatic rings. The zero-order valence-corrected chi connectivity index (χ0v) is 20.1. The SMILES string of the molecule is CS(=O)(=O)N(C1CCCC1)[C@H]1CCN(C(=O)[C@@H](Cc2ccc(Cl)cc2)NC(=O)CCN)C1. The standard InChI is InChI=1S/C22H33ClN4O4S/c1-32(30,31)27(18-4-2-3-5-18)19-11-13-26(15-19)22(29)20(25-21(28)10-12-24)14-16-6-8-17(23)9-7-16/h6-9,18-20H,2-5,10-15,24H2,1H3,(H,25,28)/t19-,20+/m0/s1.